The highest BCUT2D eigenvalue weighted by Crippen LogP contribution is 2.37. The van der Waals surface area contributed by atoms with Gasteiger partial charge >= 0.3 is 0 Å². The van der Waals surface area contributed by atoms with Crippen LogP contribution in [0.1, 0.15) is 47.0 Å². The van der Waals surface area contributed by atoms with Crippen molar-refractivity contribution in [1.82, 2.24) is 10.2 Å². The molecule has 108 valence electrons. The number of ether oxygens (including phenoxy) is 1. The van der Waals surface area contributed by atoms with Crippen molar-refractivity contribution in [1.29, 1.82) is 0 Å². The molecule has 3 nitrogen and oxygen atoms in total. The summed E-state index contributed by atoms with van der Waals surface area (Å²) in [5.41, 5.74) is 0.559. The van der Waals surface area contributed by atoms with Gasteiger partial charge in [-0.05, 0) is 31.2 Å². The van der Waals surface area contributed by atoms with Gasteiger partial charge in [-0.1, -0.05) is 27.7 Å². The fourth-order valence-corrected chi connectivity index (χ4v) is 2.97. The second-order valence-electron chi connectivity index (χ2n) is 6.10. The molecule has 0 radical (unpaired) electrons. The maximum Gasteiger partial charge on any atom is 0.0630 e. The van der Waals surface area contributed by atoms with E-state index in [9.17, 15) is 0 Å². The van der Waals surface area contributed by atoms with Gasteiger partial charge in [0.1, 0.15) is 0 Å². The molecule has 0 bridgehead atoms. The molecule has 1 atom stereocenters. The Hall–Kier alpha value is -0.120. The summed E-state index contributed by atoms with van der Waals surface area (Å²) < 4.78 is 5.40. The van der Waals surface area contributed by atoms with Gasteiger partial charge in [-0.2, -0.15) is 0 Å². The minimum absolute atomic E-state index is 0.525. The first-order valence-corrected chi connectivity index (χ1v) is 7.53. The summed E-state index contributed by atoms with van der Waals surface area (Å²) in [5, 5.41) is 3.55. The molecule has 0 aromatic carbocycles. The molecule has 0 aromatic rings. The van der Waals surface area contributed by atoms with Gasteiger partial charge in [-0.3, -0.25) is 4.90 Å². The van der Waals surface area contributed by atoms with E-state index in [-0.39, 0.29) is 0 Å². The fraction of sp³-hybridized carbons (Fsp3) is 1.00. The topological polar surface area (TPSA) is 24.5 Å². The lowest BCUT2D eigenvalue weighted by Crippen LogP contribution is -2.46. The summed E-state index contributed by atoms with van der Waals surface area (Å²) in [6.07, 6.45) is 3.95. The molecule has 0 amide bonds. The van der Waals surface area contributed by atoms with Crippen LogP contribution in [0.3, 0.4) is 0 Å². The van der Waals surface area contributed by atoms with Crippen molar-refractivity contribution < 1.29 is 4.74 Å². The minimum atomic E-state index is 0.525. The van der Waals surface area contributed by atoms with Crippen molar-refractivity contribution in [2.24, 2.45) is 5.41 Å². The van der Waals surface area contributed by atoms with Gasteiger partial charge in [-0.15, -0.1) is 0 Å². The molecule has 3 heteroatoms. The number of nitrogens with one attached hydrogen (secondary N) is 1. The average Bonchev–Trinajstić information content (AvgIpc) is 2.79. The fourth-order valence-electron chi connectivity index (χ4n) is 2.97. The van der Waals surface area contributed by atoms with E-state index in [0.29, 0.717) is 17.5 Å². The Kier molecular flexibility index (Phi) is 6.61. The monoisotopic (exact) mass is 256 g/mol. The third-order valence-electron chi connectivity index (χ3n) is 4.61. The van der Waals surface area contributed by atoms with E-state index in [0.717, 1.165) is 13.2 Å². The first-order chi connectivity index (χ1) is 8.56. The summed E-state index contributed by atoms with van der Waals surface area (Å²) in [7, 11) is 1.81. The van der Waals surface area contributed by atoms with E-state index >= 15 is 0 Å². The number of rotatable bonds is 8. The zero-order valence-electron chi connectivity index (χ0n) is 13.0. The van der Waals surface area contributed by atoms with Gasteiger partial charge < -0.3 is 10.1 Å². The summed E-state index contributed by atoms with van der Waals surface area (Å²) in [6, 6.07) is 1.08. The Balaban J connectivity index is 2.54. The average molecular weight is 256 g/mol. The first-order valence-electron chi connectivity index (χ1n) is 7.53. The van der Waals surface area contributed by atoms with Crippen molar-refractivity contribution in [3.63, 3.8) is 0 Å². The number of methoxy groups -OCH3 is 1. The highest BCUT2D eigenvalue weighted by Gasteiger charge is 2.37. The lowest BCUT2D eigenvalue weighted by molar-refractivity contribution is 0.0931. The van der Waals surface area contributed by atoms with Gasteiger partial charge in [0, 0.05) is 32.3 Å². The molecule has 1 rings (SSSR count). The normalized spacial score (nSPS) is 21.7. The lowest BCUT2D eigenvalue weighted by atomic mass is 9.82. The third kappa shape index (κ3) is 4.22. The number of likely N-dealkylation sites (tertiary alicyclic amines) is 1. The predicted molar refractivity (Wildman–Crippen MR) is 78.0 cm³/mol. The first kappa shape index (κ1) is 15.9. The SMILES string of the molecule is CCC1(CC)CCN(C(CNC(C)C)COC)C1. The highest BCUT2D eigenvalue weighted by molar-refractivity contribution is 4.91. The van der Waals surface area contributed by atoms with Crippen LogP contribution >= 0.6 is 0 Å². The molecular weight excluding hydrogens is 224 g/mol. The highest BCUT2D eigenvalue weighted by atomic mass is 16.5. The van der Waals surface area contributed by atoms with Crippen LogP contribution in [-0.2, 0) is 4.74 Å². The van der Waals surface area contributed by atoms with Crippen LogP contribution in [0.5, 0.6) is 0 Å². The van der Waals surface area contributed by atoms with Crippen LogP contribution in [0.15, 0.2) is 0 Å². The van der Waals surface area contributed by atoms with E-state index in [1.807, 2.05) is 7.11 Å². The maximum absolute atomic E-state index is 5.40. The Morgan fingerprint density at radius 1 is 1.28 bits per heavy atom. The zero-order chi connectivity index (χ0) is 13.6. The molecule has 1 aliphatic rings. The van der Waals surface area contributed by atoms with Gasteiger partial charge in [0.2, 0.25) is 0 Å². The Morgan fingerprint density at radius 2 is 1.94 bits per heavy atom. The molecule has 1 aliphatic heterocycles. The minimum Gasteiger partial charge on any atom is -0.383 e. The van der Waals surface area contributed by atoms with E-state index in [1.54, 1.807) is 0 Å². The van der Waals surface area contributed by atoms with Crippen LogP contribution < -0.4 is 5.32 Å². The molecule has 1 fully saturated rings. The second-order valence-corrected chi connectivity index (χ2v) is 6.10. The molecule has 0 saturated carbocycles. The van der Waals surface area contributed by atoms with Gasteiger partial charge in [0.15, 0.2) is 0 Å². The smallest absolute Gasteiger partial charge is 0.0630 e. The van der Waals surface area contributed by atoms with Gasteiger partial charge in [0.25, 0.3) is 0 Å². The molecule has 0 aliphatic carbocycles. The van der Waals surface area contributed by atoms with Gasteiger partial charge in [-0.25, -0.2) is 0 Å². The van der Waals surface area contributed by atoms with Crippen LogP contribution in [0.2, 0.25) is 0 Å². The molecule has 1 saturated heterocycles. The quantitative estimate of drug-likeness (QED) is 0.722. The van der Waals surface area contributed by atoms with Crippen molar-refractivity contribution in [3.05, 3.63) is 0 Å². The van der Waals surface area contributed by atoms with Crippen LogP contribution in [0.25, 0.3) is 0 Å². The van der Waals surface area contributed by atoms with E-state index < -0.39 is 0 Å². The standard InChI is InChI=1S/C15H32N2O/c1-6-15(7-2)8-9-17(12-15)14(11-18-5)10-16-13(3)4/h13-14,16H,6-12H2,1-5H3. The van der Waals surface area contributed by atoms with E-state index in [1.165, 1.54) is 32.4 Å². The molecular formula is C15H32N2O. The Morgan fingerprint density at radius 3 is 2.39 bits per heavy atom. The van der Waals surface area contributed by atoms with Gasteiger partial charge in [0.05, 0.1) is 6.61 Å². The lowest BCUT2D eigenvalue weighted by Gasteiger charge is -2.31. The van der Waals surface area contributed by atoms with Crippen molar-refractivity contribution in [2.45, 2.75) is 59.0 Å². The van der Waals surface area contributed by atoms with Crippen LogP contribution in [-0.4, -0.2) is 50.3 Å². The number of hydrogen-bond donors (Lipinski definition) is 1. The maximum atomic E-state index is 5.40. The zero-order valence-corrected chi connectivity index (χ0v) is 13.0. The summed E-state index contributed by atoms with van der Waals surface area (Å²) >= 11 is 0. The Bertz CT molecular complexity index is 227. The molecule has 0 aromatic heterocycles. The largest absolute Gasteiger partial charge is 0.383 e. The summed E-state index contributed by atoms with van der Waals surface area (Å²) in [6.45, 7) is 13.4. The number of hydrogen-bond acceptors (Lipinski definition) is 3. The van der Waals surface area contributed by atoms with E-state index in [4.69, 9.17) is 4.74 Å². The second kappa shape index (κ2) is 7.46. The molecule has 1 unspecified atom stereocenters. The number of nitrogens with zero attached hydrogens (tertiary/aromatic N) is 1. The van der Waals surface area contributed by atoms with Crippen molar-refractivity contribution >= 4 is 0 Å². The van der Waals surface area contributed by atoms with E-state index in [2.05, 4.69) is 37.9 Å². The van der Waals surface area contributed by atoms with Crippen molar-refractivity contribution in [3.8, 4) is 0 Å². The van der Waals surface area contributed by atoms with Crippen molar-refractivity contribution in [2.75, 3.05) is 33.4 Å². The third-order valence-corrected chi connectivity index (χ3v) is 4.61. The Labute approximate surface area is 113 Å². The predicted octanol–water partition coefficient (Wildman–Crippen LogP) is 2.51. The summed E-state index contributed by atoms with van der Waals surface area (Å²) in [5.74, 6) is 0. The molecule has 0 spiro atoms. The molecule has 1 heterocycles. The van der Waals surface area contributed by atoms with Crippen LogP contribution in [0, 0.1) is 5.41 Å². The molecule has 1 N–H and O–H groups in total. The van der Waals surface area contributed by atoms with Crippen LogP contribution in [0.4, 0.5) is 0 Å². The summed E-state index contributed by atoms with van der Waals surface area (Å²) in [4.78, 5) is 2.63. The molecule has 18 heavy (non-hydrogen) atoms.